The molecule has 10 heteroatoms. The number of nitrogens with zero attached hydrogens (tertiary/aromatic N) is 1. The summed E-state index contributed by atoms with van der Waals surface area (Å²) in [6.45, 7) is 2.90. The highest BCUT2D eigenvalue weighted by Crippen LogP contribution is 2.33. The Morgan fingerprint density at radius 2 is 1.72 bits per heavy atom. The first kappa shape index (κ1) is 30.6. The first-order chi connectivity index (χ1) is 18.4. The van der Waals surface area contributed by atoms with E-state index in [2.05, 4.69) is 0 Å². The molecular formula is C29H33F4NO4S. The molecular weight excluding hydrogens is 534 g/mol. The van der Waals surface area contributed by atoms with Gasteiger partial charge in [-0.05, 0) is 48.1 Å². The molecule has 3 rings (SSSR count). The van der Waals surface area contributed by atoms with Crippen LogP contribution in [-0.4, -0.2) is 51.0 Å². The Morgan fingerprint density at radius 3 is 2.36 bits per heavy atom. The van der Waals surface area contributed by atoms with Gasteiger partial charge < -0.3 is 9.84 Å². The van der Waals surface area contributed by atoms with Gasteiger partial charge in [-0.25, -0.2) is 12.8 Å². The monoisotopic (exact) mass is 567 g/mol. The normalized spacial score (nSPS) is 13.0. The first-order valence-electron chi connectivity index (χ1n) is 12.6. The molecule has 1 atom stereocenters. The fraction of sp³-hybridized carbons (Fsp3) is 0.379. The standard InChI is InChI=1S/C29H33F4NO4S/c1-21(22-8-4-3-5-9-22)19-34(20-24-10-6-11-26(28(24)30)29(31,32)33)15-7-17-38-25-13-12-23(14-16-35)27(18-25)39(2,36)37/h3-6,8-13,18,21,35H,7,14-17,19-20H2,1-2H3. The molecule has 0 amide bonds. The lowest BCUT2D eigenvalue weighted by atomic mass is 10.00. The molecule has 3 aromatic rings. The number of hydrogen-bond acceptors (Lipinski definition) is 5. The molecule has 1 N–H and O–H groups in total. The van der Waals surface area contributed by atoms with Crippen LogP contribution in [0.15, 0.2) is 71.6 Å². The molecule has 39 heavy (non-hydrogen) atoms. The van der Waals surface area contributed by atoms with Crippen LogP contribution in [0.2, 0.25) is 0 Å². The summed E-state index contributed by atoms with van der Waals surface area (Å²) in [6, 6.07) is 17.6. The van der Waals surface area contributed by atoms with Crippen LogP contribution in [0.1, 0.15) is 41.5 Å². The number of alkyl halides is 3. The lowest BCUT2D eigenvalue weighted by Crippen LogP contribution is -2.30. The van der Waals surface area contributed by atoms with Gasteiger partial charge in [0.05, 0.1) is 17.1 Å². The van der Waals surface area contributed by atoms with Gasteiger partial charge in [-0.1, -0.05) is 55.5 Å². The number of halogens is 4. The van der Waals surface area contributed by atoms with Crippen molar-refractivity contribution in [1.29, 1.82) is 0 Å². The molecule has 0 aliphatic rings. The summed E-state index contributed by atoms with van der Waals surface area (Å²) in [4.78, 5) is 1.98. The van der Waals surface area contributed by atoms with Gasteiger partial charge in [-0.2, -0.15) is 13.2 Å². The van der Waals surface area contributed by atoms with E-state index in [9.17, 15) is 31.1 Å². The number of ether oxygens (including phenoxy) is 1. The molecule has 0 aliphatic heterocycles. The largest absolute Gasteiger partial charge is 0.494 e. The second-order valence-electron chi connectivity index (χ2n) is 9.54. The minimum absolute atomic E-state index is 0.0129. The van der Waals surface area contributed by atoms with E-state index >= 15 is 0 Å². The van der Waals surface area contributed by atoms with Gasteiger partial charge in [0, 0.05) is 38.1 Å². The minimum Gasteiger partial charge on any atom is -0.494 e. The lowest BCUT2D eigenvalue weighted by molar-refractivity contribution is -0.140. The van der Waals surface area contributed by atoms with Crippen LogP contribution in [0, 0.1) is 5.82 Å². The van der Waals surface area contributed by atoms with Crippen LogP contribution >= 0.6 is 0 Å². The van der Waals surface area contributed by atoms with Crippen LogP contribution in [0.3, 0.4) is 0 Å². The zero-order valence-corrected chi connectivity index (χ0v) is 22.7. The van der Waals surface area contributed by atoms with E-state index in [1.165, 1.54) is 18.2 Å². The number of sulfone groups is 1. The summed E-state index contributed by atoms with van der Waals surface area (Å²) < 4.78 is 84.7. The average molecular weight is 568 g/mol. The van der Waals surface area contributed by atoms with Gasteiger partial charge in [0.2, 0.25) is 0 Å². The fourth-order valence-electron chi connectivity index (χ4n) is 4.45. The molecule has 3 aromatic carbocycles. The van der Waals surface area contributed by atoms with Gasteiger partial charge in [0.15, 0.2) is 9.84 Å². The third-order valence-corrected chi connectivity index (χ3v) is 7.56. The summed E-state index contributed by atoms with van der Waals surface area (Å²) in [6.07, 6.45) is -3.03. The number of hydrogen-bond donors (Lipinski definition) is 1. The van der Waals surface area contributed by atoms with Crippen molar-refractivity contribution in [1.82, 2.24) is 4.90 Å². The zero-order valence-electron chi connectivity index (χ0n) is 21.9. The highest BCUT2D eigenvalue weighted by atomic mass is 32.2. The van der Waals surface area contributed by atoms with Crippen LogP contribution in [0.4, 0.5) is 17.6 Å². The Bertz CT molecular complexity index is 1330. The predicted octanol–water partition coefficient (Wildman–Crippen LogP) is 5.86. The summed E-state index contributed by atoms with van der Waals surface area (Å²) in [7, 11) is -3.53. The summed E-state index contributed by atoms with van der Waals surface area (Å²) in [5.41, 5.74) is 0.227. The highest BCUT2D eigenvalue weighted by molar-refractivity contribution is 7.90. The maximum absolute atomic E-state index is 14.8. The van der Waals surface area contributed by atoms with Crippen molar-refractivity contribution < 1.29 is 35.8 Å². The molecule has 0 aliphatic carbocycles. The minimum atomic E-state index is -4.78. The molecule has 212 valence electrons. The summed E-state index contributed by atoms with van der Waals surface area (Å²) in [5, 5.41) is 9.21. The molecule has 0 spiro atoms. The number of aliphatic hydroxyl groups is 1. The van der Waals surface area contributed by atoms with Gasteiger partial charge in [-0.15, -0.1) is 0 Å². The maximum atomic E-state index is 14.8. The molecule has 0 fully saturated rings. The van der Waals surface area contributed by atoms with Crippen molar-refractivity contribution in [2.45, 2.75) is 43.3 Å². The van der Waals surface area contributed by atoms with Crippen LogP contribution < -0.4 is 4.74 Å². The van der Waals surface area contributed by atoms with E-state index in [0.29, 0.717) is 30.8 Å². The first-order valence-corrected chi connectivity index (χ1v) is 14.5. The van der Waals surface area contributed by atoms with Crippen molar-refractivity contribution in [2.24, 2.45) is 0 Å². The Kier molecular flexibility index (Phi) is 10.5. The van der Waals surface area contributed by atoms with Crippen LogP contribution in [-0.2, 0) is 29.0 Å². The molecule has 5 nitrogen and oxygen atoms in total. The van der Waals surface area contributed by atoms with E-state index in [1.54, 1.807) is 12.1 Å². The van der Waals surface area contributed by atoms with Crippen molar-refractivity contribution >= 4 is 9.84 Å². The topological polar surface area (TPSA) is 66.8 Å². The van der Waals surface area contributed by atoms with Crippen molar-refractivity contribution in [3.8, 4) is 5.75 Å². The Balaban J connectivity index is 1.72. The molecule has 0 aromatic heterocycles. The molecule has 0 radical (unpaired) electrons. The van der Waals surface area contributed by atoms with Gasteiger partial charge >= 0.3 is 6.18 Å². The SMILES string of the molecule is CC(CN(CCCOc1ccc(CCO)c(S(C)(=O)=O)c1)Cc1cccc(C(F)(F)F)c1F)c1ccccc1. The van der Waals surface area contributed by atoms with E-state index in [-0.39, 0.29) is 42.6 Å². The quantitative estimate of drug-likeness (QED) is 0.207. The van der Waals surface area contributed by atoms with Crippen LogP contribution in [0.5, 0.6) is 5.75 Å². The van der Waals surface area contributed by atoms with Gasteiger partial charge in [0.1, 0.15) is 11.6 Å². The van der Waals surface area contributed by atoms with E-state index in [4.69, 9.17) is 4.74 Å². The molecule has 1 unspecified atom stereocenters. The van der Waals surface area contributed by atoms with Gasteiger partial charge in [-0.3, -0.25) is 4.90 Å². The molecule has 0 saturated carbocycles. The second-order valence-corrected chi connectivity index (χ2v) is 11.5. The third-order valence-electron chi connectivity index (χ3n) is 6.39. The highest BCUT2D eigenvalue weighted by Gasteiger charge is 2.35. The molecule has 0 bridgehead atoms. The van der Waals surface area contributed by atoms with Crippen molar-refractivity contribution in [2.75, 3.05) is 32.6 Å². The Morgan fingerprint density at radius 1 is 1.00 bits per heavy atom. The average Bonchev–Trinajstić information content (AvgIpc) is 2.87. The number of rotatable bonds is 13. The Labute approximate surface area is 227 Å². The second kappa shape index (κ2) is 13.4. The van der Waals surface area contributed by atoms with Gasteiger partial charge in [0.25, 0.3) is 0 Å². The molecule has 0 heterocycles. The van der Waals surface area contributed by atoms with Crippen molar-refractivity contribution in [3.05, 3.63) is 94.8 Å². The zero-order chi connectivity index (χ0) is 28.6. The smallest absolute Gasteiger partial charge is 0.419 e. The van der Waals surface area contributed by atoms with E-state index in [0.717, 1.165) is 17.9 Å². The van der Waals surface area contributed by atoms with Crippen LogP contribution in [0.25, 0.3) is 0 Å². The Hall–Kier alpha value is -2.95. The summed E-state index contributed by atoms with van der Waals surface area (Å²) in [5.74, 6) is -0.877. The lowest BCUT2D eigenvalue weighted by Gasteiger charge is -2.27. The molecule has 0 saturated heterocycles. The van der Waals surface area contributed by atoms with Crippen molar-refractivity contribution in [3.63, 3.8) is 0 Å². The summed E-state index contributed by atoms with van der Waals surface area (Å²) >= 11 is 0. The maximum Gasteiger partial charge on any atom is 0.419 e. The van der Waals surface area contributed by atoms with E-state index < -0.39 is 27.4 Å². The number of benzene rings is 3. The van der Waals surface area contributed by atoms with E-state index in [1.807, 2.05) is 42.2 Å². The number of aliphatic hydroxyl groups excluding tert-OH is 1. The fourth-order valence-corrected chi connectivity index (χ4v) is 5.42. The predicted molar refractivity (Wildman–Crippen MR) is 142 cm³/mol. The third kappa shape index (κ3) is 8.78.